The van der Waals surface area contributed by atoms with E-state index in [1.807, 2.05) is 24.3 Å². The van der Waals surface area contributed by atoms with E-state index in [4.69, 9.17) is 17.3 Å². The van der Waals surface area contributed by atoms with Crippen molar-refractivity contribution in [2.24, 2.45) is 5.73 Å². The van der Waals surface area contributed by atoms with Crippen molar-refractivity contribution in [3.05, 3.63) is 41.5 Å². The average molecular weight is 196 g/mol. The van der Waals surface area contributed by atoms with Crippen molar-refractivity contribution < 1.29 is 4.79 Å². The maximum atomic E-state index is 10.4. The van der Waals surface area contributed by atoms with E-state index in [1.165, 1.54) is 6.08 Å². The molecule has 0 aliphatic rings. The SMILES string of the molecule is NC(=O)C=Cc1cccc(CCl)c1. The molecule has 1 rings (SSSR count). The highest BCUT2D eigenvalue weighted by Crippen LogP contribution is 2.08. The zero-order valence-electron chi connectivity index (χ0n) is 7.03. The number of alkyl halides is 1. The lowest BCUT2D eigenvalue weighted by Gasteiger charge is -1.96. The predicted molar refractivity (Wildman–Crippen MR) is 54.2 cm³/mol. The summed E-state index contributed by atoms with van der Waals surface area (Å²) in [4.78, 5) is 10.4. The minimum absolute atomic E-state index is 0.448. The minimum Gasteiger partial charge on any atom is -0.366 e. The first-order valence-corrected chi connectivity index (χ1v) is 4.38. The number of nitrogens with two attached hydrogens (primary N) is 1. The number of primary amides is 1. The first kappa shape index (κ1) is 9.81. The second-order valence-electron chi connectivity index (χ2n) is 2.61. The summed E-state index contributed by atoms with van der Waals surface area (Å²) < 4.78 is 0. The van der Waals surface area contributed by atoms with Crippen molar-refractivity contribution in [3.8, 4) is 0 Å². The van der Waals surface area contributed by atoms with Gasteiger partial charge in [-0.05, 0) is 17.2 Å². The molecule has 0 saturated carbocycles. The Labute approximate surface area is 82.0 Å². The zero-order valence-corrected chi connectivity index (χ0v) is 7.79. The third-order valence-electron chi connectivity index (χ3n) is 1.55. The lowest BCUT2D eigenvalue weighted by atomic mass is 10.1. The van der Waals surface area contributed by atoms with Gasteiger partial charge in [0.25, 0.3) is 0 Å². The third-order valence-corrected chi connectivity index (χ3v) is 1.85. The molecule has 0 atom stereocenters. The molecule has 1 aromatic rings. The van der Waals surface area contributed by atoms with E-state index in [9.17, 15) is 4.79 Å². The summed E-state index contributed by atoms with van der Waals surface area (Å²) >= 11 is 5.65. The second-order valence-corrected chi connectivity index (χ2v) is 2.88. The van der Waals surface area contributed by atoms with Crippen LogP contribution in [0.1, 0.15) is 11.1 Å². The monoisotopic (exact) mass is 195 g/mol. The van der Waals surface area contributed by atoms with Crippen LogP contribution in [0, 0.1) is 0 Å². The average Bonchev–Trinajstić information content (AvgIpc) is 2.15. The normalized spacial score (nSPS) is 10.5. The topological polar surface area (TPSA) is 43.1 Å². The molecule has 0 bridgehead atoms. The molecule has 2 nitrogen and oxygen atoms in total. The first-order valence-electron chi connectivity index (χ1n) is 3.85. The van der Waals surface area contributed by atoms with Crippen molar-refractivity contribution >= 4 is 23.6 Å². The first-order chi connectivity index (χ1) is 6.22. The highest BCUT2D eigenvalue weighted by molar-refractivity contribution is 6.17. The van der Waals surface area contributed by atoms with Crippen LogP contribution < -0.4 is 5.73 Å². The molecular formula is C10H10ClNO. The molecular weight excluding hydrogens is 186 g/mol. The van der Waals surface area contributed by atoms with E-state index < -0.39 is 5.91 Å². The third kappa shape index (κ3) is 3.30. The van der Waals surface area contributed by atoms with Crippen LogP contribution >= 0.6 is 11.6 Å². The number of hydrogen-bond acceptors (Lipinski definition) is 1. The fourth-order valence-electron chi connectivity index (χ4n) is 0.958. The molecule has 0 spiro atoms. The van der Waals surface area contributed by atoms with Gasteiger partial charge < -0.3 is 5.73 Å². The van der Waals surface area contributed by atoms with E-state index >= 15 is 0 Å². The van der Waals surface area contributed by atoms with E-state index in [-0.39, 0.29) is 0 Å². The highest BCUT2D eigenvalue weighted by Gasteiger charge is 1.91. The van der Waals surface area contributed by atoms with Crippen LogP contribution in [0.15, 0.2) is 30.3 Å². The molecule has 0 radical (unpaired) electrons. The van der Waals surface area contributed by atoms with E-state index in [0.29, 0.717) is 5.88 Å². The number of amides is 1. The van der Waals surface area contributed by atoms with Gasteiger partial charge >= 0.3 is 0 Å². The Kier molecular flexibility index (Phi) is 3.53. The van der Waals surface area contributed by atoms with Crippen LogP contribution in [0.2, 0.25) is 0 Å². The molecule has 0 fully saturated rings. The Morgan fingerprint density at radius 2 is 2.31 bits per heavy atom. The van der Waals surface area contributed by atoms with Crippen molar-refractivity contribution in [1.82, 2.24) is 0 Å². The maximum Gasteiger partial charge on any atom is 0.241 e. The molecule has 0 aliphatic carbocycles. The number of carbonyl (C=O) groups excluding carboxylic acids is 1. The zero-order chi connectivity index (χ0) is 9.68. The number of benzene rings is 1. The smallest absolute Gasteiger partial charge is 0.241 e. The molecule has 3 heteroatoms. The largest absolute Gasteiger partial charge is 0.366 e. The van der Waals surface area contributed by atoms with Crippen LogP contribution in [0.3, 0.4) is 0 Å². The van der Waals surface area contributed by atoms with Gasteiger partial charge in [-0.15, -0.1) is 11.6 Å². The summed E-state index contributed by atoms with van der Waals surface area (Å²) in [5.74, 6) is 0.0226. The van der Waals surface area contributed by atoms with Crippen LogP contribution in [-0.4, -0.2) is 5.91 Å². The molecule has 0 heterocycles. The van der Waals surface area contributed by atoms with Gasteiger partial charge in [0.2, 0.25) is 5.91 Å². The van der Waals surface area contributed by atoms with Gasteiger partial charge in [-0.1, -0.05) is 24.3 Å². The summed E-state index contributed by atoms with van der Waals surface area (Å²) in [6, 6.07) is 7.61. The fourth-order valence-corrected chi connectivity index (χ4v) is 1.12. The summed E-state index contributed by atoms with van der Waals surface area (Å²) in [5, 5.41) is 0. The van der Waals surface area contributed by atoms with Gasteiger partial charge in [0, 0.05) is 12.0 Å². The fraction of sp³-hybridized carbons (Fsp3) is 0.100. The molecule has 0 saturated heterocycles. The highest BCUT2D eigenvalue weighted by atomic mass is 35.5. The van der Waals surface area contributed by atoms with E-state index in [0.717, 1.165) is 11.1 Å². The van der Waals surface area contributed by atoms with E-state index in [2.05, 4.69) is 0 Å². The van der Waals surface area contributed by atoms with E-state index in [1.54, 1.807) is 6.08 Å². The Morgan fingerprint density at radius 3 is 2.92 bits per heavy atom. The van der Waals surface area contributed by atoms with Crippen molar-refractivity contribution in [2.45, 2.75) is 5.88 Å². The molecule has 0 aromatic heterocycles. The number of halogens is 1. The Bertz CT molecular complexity index is 333. The van der Waals surface area contributed by atoms with Gasteiger partial charge in [0.05, 0.1) is 0 Å². The maximum absolute atomic E-state index is 10.4. The molecule has 1 amide bonds. The number of hydrogen-bond donors (Lipinski definition) is 1. The lowest BCUT2D eigenvalue weighted by Crippen LogP contribution is -2.05. The van der Waals surface area contributed by atoms with Gasteiger partial charge in [0.1, 0.15) is 0 Å². The minimum atomic E-state index is -0.448. The molecule has 2 N–H and O–H groups in total. The predicted octanol–water partition coefficient (Wildman–Crippen LogP) is 1.92. The number of carbonyl (C=O) groups is 1. The van der Waals surface area contributed by atoms with Gasteiger partial charge in [0.15, 0.2) is 0 Å². The van der Waals surface area contributed by atoms with Crippen molar-refractivity contribution in [2.75, 3.05) is 0 Å². The van der Waals surface area contributed by atoms with Gasteiger partial charge in [-0.2, -0.15) is 0 Å². The standard InChI is InChI=1S/C10H10ClNO/c11-7-9-3-1-2-8(6-9)4-5-10(12)13/h1-6H,7H2,(H2,12,13). The summed E-state index contributed by atoms with van der Waals surface area (Å²) in [6.07, 6.45) is 2.99. The van der Waals surface area contributed by atoms with Gasteiger partial charge in [-0.25, -0.2) is 0 Å². The van der Waals surface area contributed by atoms with Crippen molar-refractivity contribution in [3.63, 3.8) is 0 Å². The van der Waals surface area contributed by atoms with Gasteiger partial charge in [-0.3, -0.25) is 4.79 Å². The van der Waals surface area contributed by atoms with Crippen LogP contribution in [-0.2, 0) is 10.7 Å². The Balaban J connectivity index is 2.83. The van der Waals surface area contributed by atoms with Crippen LogP contribution in [0.5, 0.6) is 0 Å². The molecule has 68 valence electrons. The molecule has 13 heavy (non-hydrogen) atoms. The molecule has 1 aromatic carbocycles. The Morgan fingerprint density at radius 1 is 1.54 bits per heavy atom. The lowest BCUT2D eigenvalue weighted by molar-refractivity contribution is -0.113. The Hall–Kier alpha value is -1.28. The number of rotatable bonds is 3. The van der Waals surface area contributed by atoms with Crippen LogP contribution in [0.4, 0.5) is 0 Å². The van der Waals surface area contributed by atoms with Crippen LogP contribution in [0.25, 0.3) is 6.08 Å². The quantitative estimate of drug-likeness (QED) is 0.581. The summed E-state index contributed by atoms with van der Waals surface area (Å²) in [6.45, 7) is 0. The second kappa shape index (κ2) is 4.67. The summed E-state index contributed by atoms with van der Waals surface area (Å²) in [7, 11) is 0. The molecule has 0 unspecified atom stereocenters. The molecule has 0 aliphatic heterocycles. The van der Waals surface area contributed by atoms with Crippen molar-refractivity contribution in [1.29, 1.82) is 0 Å². The summed E-state index contributed by atoms with van der Waals surface area (Å²) in [5.41, 5.74) is 6.91.